The average Bonchev–Trinajstić information content (AvgIpc) is 2.36. The van der Waals surface area contributed by atoms with Crippen LogP contribution in [0.15, 0.2) is 18.2 Å². The second-order valence-electron chi connectivity index (χ2n) is 5.52. The number of benzene rings is 1. The Hall–Kier alpha value is -1.60. The van der Waals surface area contributed by atoms with Crippen LogP contribution < -0.4 is 5.73 Å². The van der Waals surface area contributed by atoms with Crippen molar-refractivity contribution in [1.29, 1.82) is 0 Å². The van der Waals surface area contributed by atoms with E-state index >= 15 is 0 Å². The third-order valence-electron chi connectivity index (χ3n) is 3.11. The van der Waals surface area contributed by atoms with E-state index in [-0.39, 0.29) is 24.2 Å². The van der Waals surface area contributed by atoms with Gasteiger partial charge in [0.15, 0.2) is 0 Å². The number of rotatable bonds is 5. The van der Waals surface area contributed by atoms with Gasteiger partial charge in [-0.2, -0.15) is 13.2 Å². The zero-order valence-corrected chi connectivity index (χ0v) is 12.7. The highest BCUT2D eigenvalue weighted by atomic mass is 19.4. The van der Waals surface area contributed by atoms with Gasteiger partial charge in [0, 0.05) is 6.04 Å². The Bertz CT molecular complexity index is 504. The lowest BCUT2D eigenvalue weighted by atomic mass is 9.91. The first kappa shape index (κ1) is 18.4. The van der Waals surface area contributed by atoms with Crippen molar-refractivity contribution in [3.63, 3.8) is 0 Å². The molecule has 7 heteroatoms. The molecule has 0 saturated heterocycles. The molecule has 0 radical (unpaired) electrons. The molecule has 0 fully saturated rings. The Balaban J connectivity index is 3.21. The number of alkyl halides is 3. The number of carbonyl (C=O) groups excluding carboxylic acids is 1. The first-order valence-electron chi connectivity index (χ1n) is 6.81. The molecule has 1 aromatic rings. The lowest BCUT2D eigenvalue weighted by Crippen LogP contribution is -2.21. The van der Waals surface area contributed by atoms with Crippen molar-refractivity contribution in [3.8, 4) is 0 Å². The van der Waals surface area contributed by atoms with Crippen LogP contribution in [-0.4, -0.2) is 17.7 Å². The molecule has 0 amide bonds. The number of hydrogen-bond donors (Lipinski definition) is 2. The van der Waals surface area contributed by atoms with Gasteiger partial charge in [0.1, 0.15) is 0 Å². The Morgan fingerprint density at radius 2 is 1.82 bits per heavy atom. The van der Waals surface area contributed by atoms with Crippen LogP contribution >= 0.6 is 0 Å². The van der Waals surface area contributed by atoms with Gasteiger partial charge in [0.25, 0.3) is 0 Å². The monoisotopic (exact) mass is 319 g/mol. The third kappa shape index (κ3) is 4.99. The van der Waals surface area contributed by atoms with Crippen LogP contribution in [0.3, 0.4) is 0 Å². The normalized spacial score (nSPS) is 13.8. The molecule has 0 bridgehead atoms. The van der Waals surface area contributed by atoms with E-state index in [1.807, 2.05) is 0 Å². The maximum atomic E-state index is 13.0. The van der Waals surface area contributed by atoms with Crippen LogP contribution in [0.5, 0.6) is 0 Å². The third-order valence-corrected chi connectivity index (χ3v) is 3.11. The van der Waals surface area contributed by atoms with E-state index in [0.29, 0.717) is 0 Å². The van der Waals surface area contributed by atoms with Crippen molar-refractivity contribution in [1.82, 2.24) is 0 Å². The number of ether oxygens (including phenoxy) is 1. The average molecular weight is 319 g/mol. The first-order chi connectivity index (χ1) is 9.95. The van der Waals surface area contributed by atoms with Crippen LogP contribution in [-0.2, 0) is 21.3 Å². The summed E-state index contributed by atoms with van der Waals surface area (Å²) in [6, 6.07) is 2.20. The SMILES string of the molecule is CCOC(=O)CC(N)c1cc(C(C)(C)O)cc(C(F)(F)F)c1. The molecule has 0 spiro atoms. The van der Waals surface area contributed by atoms with Gasteiger partial charge < -0.3 is 15.6 Å². The molecule has 3 N–H and O–H groups in total. The molecule has 1 aromatic carbocycles. The van der Waals surface area contributed by atoms with Gasteiger partial charge >= 0.3 is 12.1 Å². The summed E-state index contributed by atoms with van der Waals surface area (Å²) in [5.74, 6) is -0.586. The van der Waals surface area contributed by atoms with Crippen LogP contribution in [0.4, 0.5) is 13.2 Å². The summed E-state index contributed by atoms with van der Waals surface area (Å²) in [7, 11) is 0. The van der Waals surface area contributed by atoms with Crippen LogP contribution in [0.2, 0.25) is 0 Å². The van der Waals surface area contributed by atoms with Gasteiger partial charge in [-0.3, -0.25) is 4.79 Å². The molecular weight excluding hydrogens is 299 g/mol. The van der Waals surface area contributed by atoms with Crippen molar-refractivity contribution < 1.29 is 27.8 Å². The Morgan fingerprint density at radius 1 is 1.27 bits per heavy atom. The fourth-order valence-electron chi connectivity index (χ4n) is 1.90. The highest BCUT2D eigenvalue weighted by Gasteiger charge is 2.33. The number of nitrogens with two attached hydrogens (primary N) is 1. The van der Waals surface area contributed by atoms with E-state index in [0.717, 1.165) is 12.1 Å². The zero-order valence-electron chi connectivity index (χ0n) is 12.7. The predicted octanol–water partition coefficient (Wildman–Crippen LogP) is 2.89. The summed E-state index contributed by atoms with van der Waals surface area (Å²) >= 11 is 0. The number of aliphatic hydroxyl groups is 1. The summed E-state index contributed by atoms with van der Waals surface area (Å²) in [5, 5.41) is 9.95. The van der Waals surface area contributed by atoms with Crippen molar-refractivity contribution in [2.24, 2.45) is 5.73 Å². The summed E-state index contributed by atoms with van der Waals surface area (Å²) in [4.78, 5) is 11.4. The minimum absolute atomic E-state index is 0.0802. The maximum Gasteiger partial charge on any atom is 0.416 e. The molecule has 0 aliphatic carbocycles. The second-order valence-corrected chi connectivity index (χ2v) is 5.52. The quantitative estimate of drug-likeness (QED) is 0.819. The Morgan fingerprint density at radius 3 is 2.27 bits per heavy atom. The van der Waals surface area contributed by atoms with Crippen molar-refractivity contribution in [2.75, 3.05) is 6.61 Å². The largest absolute Gasteiger partial charge is 0.466 e. The molecule has 0 aliphatic heterocycles. The minimum Gasteiger partial charge on any atom is -0.466 e. The number of hydrogen-bond acceptors (Lipinski definition) is 4. The van der Waals surface area contributed by atoms with Gasteiger partial charge in [-0.1, -0.05) is 6.07 Å². The van der Waals surface area contributed by atoms with E-state index in [4.69, 9.17) is 10.5 Å². The smallest absolute Gasteiger partial charge is 0.416 e. The number of carbonyl (C=O) groups is 1. The molecule has 4 nitrogen and oxygen atoms in total. The van der Waals surface area contributed by atoms with E-state index in [9.17, 15) is 23.1 Å². The van der Waals surface area contributed by atoms with Gasteiger partial charge in [-0.05, 0) is 44.0 Å². The summed E-state index contributed by atoms with van der Waals surface area (Å²) < 4.78 is 43.6. The van der Waals surface area contributed by atoms with Crippen LogP contribution in [0, 0.1) is 0 Å². The molecular formula is C15H20F3NO3. The van der Waals surface area contributed by atoms with Gasteiger partial charge in [0.2, 0.25) is 0 Å². The summed E-state index contributed by atoms with van der Waals surface area (Å²) in [6.45, 7) is 4.55. The second kappa shape index (κ2) is 6.66. The topological polar surface area (TPSA) is 72.5 Å². The lowest BCUT2D eigenvalue weighted by Gasteiger charge is -2.22. The number of esters is 1. The zero-order chi connectivity index (χ0) is 17.1. The van der Waals surface area contributed by atoms with Gasteiger partial charge in [-0.15, -0.1) is 0 Å². The van der Waals surface area contributed by atoms with Crippen molar-refractivity contribution >= 4 is 5.97 Å². The van der Waals surface area contributed by atoms with Crippen LogP contribution in [0.25, 0.3) is 0 Å². The summed E-state index contributed by atoms with van der Waals surface area (Å²) in [6.07, 6.45) is -4.81. The Labute approximate surface area is 127 Å². The Kier molecular flexibility index (Phi) is 5.59. The molecule has 0 aromatic heterocycles. The molecule has 1 unspecified atom stereocenters. The molecule has 1 atom stereocenters. The first-order valence-corrected chi connectivity index (χ1v) is 6.81. The van der Waals surface area contributed by atoms with Gasteiger partial charge in [-0.25, -0.2) is 0 Å². The predicted molar refractivity (Wildman–Crippen MR) is 74.9 cm³/mol. The molecule has 124 valence electrons. The molecule has 1 rings (SSSR count). The lowest BCUT2D eigenvalue weighted by molar-refractivity contribution is -0.143. The molecule has 0 aliphatic rings. The standard InChI is InChI=1S/C15H20F3NO3/c1-4-22-13(20)8-12(19)9-5-10(14(2,3)21)7-11(6-9)15(16,17)18/h5-7,12,21H,4,8,19H2,1-3H3. The van der Waals surface area contributed by atoms with E-state index in [1.54, 1.807) is 6.92 Å². The molecule has 0 saturated carbocycles. The van der Waals surface area contributed by atoms with Gasteiger partial charge in [0.05, 0.1) is 24.2 Å². The van der Waals surface area contributed by atoms with Crippen LogP contribution in [0.1, 0.15) is 49.9 Å². The van der Waals surface area contributed by atoms with E-state index < -0.39 is 29.4 Å². The maximum absolute atomic E-state index is 13.0. The highest BCUT2D eigenvalue weighted by Crippen LogP contribution is 2.34. The molecule has 0 heterocycles. The number of halogens is 3. The van der Waals surface area contributed by atoms with Crippen molar-refractivity contribution in [2.45, 2.75) is 45.0 Å². The minimum atomic E-state index is -4.57. The highest BCUT2D eigenvalue weighted by molar-refractivity contribution is 5.70. The summed E-state index contributed by atoms with van der Waals surface area (Å²) in [5.41, 5.74) is 3.63. The fourth-order valence-corrected chi connectivity index (χ4v) is 1.90. The van der Waals surface area contributed by atoms with Crippen molar-refractivity contribution in [3.05, 3.63) is 34.9 Å². The van der Waals surface area contributed by atoms with E-state index in [2.05, 4.69) is 0 Å². The molecule has 22 heavy (non-hydrogen) atoms. The van der Waals surface area contributed by atoms with E-state index in [1.165, 1.54) is 19.9 Å². The fraction of sp³-hybridized carbons (Fsp3) is 0.533.